The second kappa shape index (κ2) is 15.0. The van der Waals surface area contributed by atoms with Crippen molar-refractivity contribution >= 4 is 41.8 Å². The summed E-state index contributed by atoms with van der Waals surface area (Å²) in [6, 6.07) is 28.9. The molecule has 0 N–H and O–H groups in total. The molecule has 0 aliphatic heterocycles. The Balaban J connectivity index is 0.00000176. The number of rotatable bonds is 9. The molecule has 0 radical (unpaired) electrons. The van der Waals surface area contributed by atoms with Crippen LogP contribution in [0, 0.1) is 0 Å². The molecule has 0 aromatic heterocycles. The van der Waals surface area contributed by atoms with Crippen molar-refractivity contribution in [3.63, 3.8) is 0 Å². The first kappa shape index (κ1) is 37.0. The molecule has 0 heterocycles. The van der Waals surface area contributed by atoms with Gasteiger partial charge in [-0.15, -0.1) is 0 Å². The first-order chi connectivity index (χ1) is 19.7. The summed E-state index contributed by atoms with van der Waals surface area (Å²) >= 11 is 0. The minimum Gasteiger partial charge on any atom is -1.00 e. The van der Waals surface area contributed by atoms with E-state index in [4.69, 9.17) is 4.74 Å². The summed E-state index contributed by atoms with van der Waals surface area (Å²) in [5.41, 5.74) is 10.2. The average Bonchev–Trinajstić information content (AvgIpc) is 3.48. The quantitative estimate of drug-likeness (QED) is 0.170. The van der Waals surface area contributed by atoms with Crippen LogP contribution in [-0.4, -0.2) is 20.3 Å². The smallest absolute Gasteiger partial charge is 1.00 e. The molecule has 2 atom stereocenters. The van der Waals surface area contributed by atoms with Gasteiger partial charge in [0.05, 0.1) is 13.7 Å². The molecule has 1 nitrogen and oxygen atoms in total. The molecular formula is C39H46Cl2OSiZr. The number of hydrogen-bond donors (Lipinski definition) is 0. The fourth-order valence-corrected chi connectivity index (χ4v) is 14.3. The third-order valence-electron chi connectivity index (χ3n) is 9.73. The van der Waals surface area contributed by atoms with E-state index in [0.717, 1.165) is 13.0 Å². The van der Waals surface area contributed by atoms with Crippen LogP contribution in [0.2, 0.25) is 12.6 Å². The van der Waals surface area contributed by atoms with Gasteiger partial charge in [0.25, 0.3) is 0 Å². The Morgan fingerprint density at radius 2 is 1.09 bits per heavy atom. The van der Waals surface area contributed by atoms with Gasteiger partial charge in [0.1, 0.15) is 0 Å². The van der Waals surface area contributed by atoms with Crippen LogP contribution in [0.1, 0.15) is 93.6 Å². The van der Waals surface area contributed by atoms with Gasteiger partial charge in [-0.1, -0.05) is 128 Å². The van der Waals surface area contributed by atoms with Crippen LogP contribution in [0.5, 0.6) is 0 Å². The van der Waals surface area contributed by atoms with Gasteiger partial charge >= 0.3 is 26.2 Å². The molecule has 2 aliphatic carbocycles. The molecule has 5 heteroatoms. The zero-order valence-corrected chi connectivity index (χ0v) is 32.1. The van der Waals surface area contributed by atoms with Crippen molar-refractivity contribution in [3.8, 4) is 0 Å². The third kappa shape index (κ3) is 7.08. The minimum absolute atomic E-state index is 0. The van der Waals surface area contributed by atoms with Crippen LogP contribution >= 0.6 is 0 Å². The van der Waals surface area contributed by atoms with Crippen molar-refractivity contribution in [1.29, 1.82) is 0 Å². The zero-order valence-electron chi connectivity index (χ0n) is 27.1. The Bertz CT molecular complexity index is 1560. The second-order valence-electron chi connectivity index (χ2n) is 13.9. The topological polar surface area (TPSA) is 9.23 Å². The number of allylic oxidation sites excluding steroid dienone is 2. The van der Waals surface area contributed by atoms with Crippen LogP contribution < -0.4 is 24.8 Å². The average molecular weight is 721 g/mol. The Labute approximate surface area is 297 Å². The number of halogens is 2. The van der Waals surface area contributed by atoms with Gasteiger partial charge in [0.2, 0.25) is 0 Å². The fourth-order valence-electron chi connectivity index (χ4n) is 8.13. The van der Waals surface area contributed by atoms with E-state index in [1.165, 1.54) is 58.0 Å². The monoisotopic (exact) mass is 718 g/mol. The molecule has 0 bridgehead atoms. The van der Waals surface area contributed by atoms with Crippen LogP contribution in [0.4, 0.5) is 0 Å². The van der Waals surface area contributed by atoms with Crippen LogP contribution in [0.15, 0.2) is 83.9 Å². The fraction of sp³-hybridized carbons (Fsp3) is 0.385. The van der Waals surface area contributed by atoms with Crippen molar-refractivity contribution in [1.82, 2.24) is 0 Å². The summed E-state index contributed by atoms with van der Waals surface area (Å²) in [5.74, 6) is 0. The van der Waals surface area contributed by atoms with E-state index in [0.29, 0.717) is 11.1 Å². The van der Waals surface area contributed by atoms with Crippen molar-refractivity contribution in [2.24, 2.45) is 0 Å². The molecule has 6 rings (SSSR count). The van der Waals surface area contributed by atoms with Crippen LogP contribution in [0.3, 0.4) is 0 Å². The summed E-state index contributed by atoms with van der Waals surface area (Å²) in [6.07, 6.45) is 10.0. The number of unbranched alkanes of at least 4 members (excludes halogenated alkanes) is 3. The summed E-state index contributed by atoms with van der Waals surface area (Å²) in [6.45, 7) is 14.9. The summed E-state index contributed by atoms with van der Waals surface area (Å²) < 4.78 is 6.02. The van der Waals surface area contributed by atoms with Gasteiger partial charge in [0, 0.05) is 17.7 Å². The maximum Gasteiger partial charge on any atom is 2.00 e. The molecular weight excluding hydrogens is 675 g/mol. The summed E-state index contributed by atoms with van der Waals surface area (Å²) in [5, 5.41) is 5.66. The molecule has 4 aromatic rings. The van der Waals surface area contributed by atoms with Crippen LogP contribution in [0.25, 0.3) is 33.7 Å². The van der Waals surface area contributed by atoms with Gasteiger partial charge in [0.15, 0.2) is 0 Å². The minimum atomic E-state index is -2.01. The van der Waals surface area contributed by atoms with E-state index in [-0.39, 0.29) is 56.6 Å². The molecule has 4 aromatic carbocycles. The van der Waals surface area contributed by atoms with E-state index in [1.807, 2.05) is 0 Å². The number of fused-ring (bicyclic) bond motifs is 6. The molecule has 0 saturated heterocycles. The first-order valence-electron chi connectivity index (χ1n) is 15.7. The first-order valence-corrected chi connectivity index (χ1v) is 18.6. The van der Waals surface area contributed by atoms with E-state index in [9.17, 15) is 0 Å². The van der Waals surface area contributed by atoms with E-state index in [2.05, 4.69) is 126 Å². The van der Waals surface area contributed by atoms with E-state index < -0.39 is 8.07 Å². The van der Waals surface area contributed by atoms with Crippen molar-refractivity contribution in [3.05, 3.63) is 106 Å². The maximum atomic E-state index is 6.02. The van der Waals surface area contributed by atoms with Crippen molar-refractivity contribution in [2.45, 2.75) is 89.6 Å². The standard InChI is InChI=1S/C39H46OSi.2ClH.Zr/c1-27-25-31-21-19-29-15-9-11-17-33(29)35(31)37(27)41(6,24-14-8-7-13-23-40-39(3,4)5)38-28(2)26-32-22-20-30-16-10-12-18-34(30)36(32)38;;;/h9-12,15-22,25-26,37-38H,7-8,13-14,23-24H2,1-6H3;2*1H;/q;;;+2/p-2. The van der Waals surface area contributed by atoms with Crippen molar-refractivity contribution in [2.75, 3.05) is 6.61 Å². The summed E-state index contributed by atoms with van der Waals surface area (Å²) in [4.78, 5) is 0. The predicted molar refractivity (Wildman–Crippen MR) is 181 cm³/mol. The summed E-state index contributed by atoms with van der Waals surface area (Å²) in [7, 11) is -2.01. The predicted octanol–water partition coefficient (Wildman–Crippen LogP) is 5.23. The van der Waals surface area contributed by atoms with E-state index >= 15 is 0 Å². The normalized spacial score (nSPS) is 18.3. The molecule has 230 valence electrons. The number of hydrogen-bond acceptors (Lipinski definition) is 1. The maximum absolute atomic E-state index is 6.02. The molecule has 2 unspecified atom stereocenters. The molecule has 0 fully saturated rings. The largest absolute Gasteiger partial charge is 2.00 e. The number of benzene rings is 4. The molecule has 0 amide bonds. The number of ether oxygens (including phenoxy) is 1. The van der Waals surface area contributed by atoms with Gasteiger partial charge in [-0.3, -0.25) is 0 Å². The van der Waals surface area contributed by atoms with Crippen LogP contribution in [-0.2, 0) is 30.9 Å². The van der Waals surface area contributed by atoms with Gasteiger partial charge < -0.3 is 29.6 Å². The Morgan fingerprint density at radius 1 is 0.636 bits per heavy atom. The molecule has 44 heavy (non-hydrogen) atoms. The molecule has 0 spiro atoms. The van der Waals surface area contributed by atoms with Gasteiger partial charge in [-0.05, 0) is 84.8 Å². The third-order valence-corrected chi connectivity index (χ3v) is 15.3. The Hall–Kier alpha value is -1.48. The van der Waals surface area contributed by atoms with Crippen molar-refractivity contribution < 1.29 is 55.8 Å². The molecule has 0 saturated carbocycles. The van der Waals surface area contributed by atoms with Gasteiger partial charge in [-0.2, -0.15) is 0 Å². The molecule has 2 aliphatic rings. The second-order valence-corrected chi connectivity index (χ2v) is 18.5. The van der Waals surface area contributed by atoms with E-state index in [1.54, 1.807) is 22.3 Å². The Kier molecular flexibility index (Phi) is 12.6. The SMILES string of the molecule is CC1=Cc2ccc3ccccc3c2C1[Si](C)(CCCCCCOC(C)(C)C)C1C(C)=Cc2ccc3ccccc3c21.[Cl-].[Cl-].[Zr+2]. The Morgan fingerprint density at radius 3 is 1.57 bits per heavy atom. The zero-order chi connectivity index (χ0) is 28.8. The van der Waals surface area contributed by atoms with Gasteiger partial charge in [-0.25, -0.2) is 0 Å².